The van der Waals surface area contributed by atoms with Gasteiger partial charge in [-0.05, 0) is 49.1 Å². The molecular weight excluding hydrogens is 327 g/mol. The molecule has 0 saturated carbocycles. The molecule has 2 aromatic rings. The molecular formula is C22H27FN2O. The van der Waals surface area contributed by atoms with Crippen LogP contribution in [-0.2, 0) is 4.79 Å². The number of likely N-dealkylation sites (N-methyl/N-ethyl adjacent to an activating group) is 1. The molecule has 0 aromatic heterocycles. The van der Waals surface area contributed by atoms with Crippen molar-refractivity contribution in [3.05, 3.63) is 71.5 Å². The number of halogens is 1. The molecule has 0 spiro atoms. The molecule has 1 heterocycles. The summed E-state index contributed by atoms with van der Waals surface area (Å²) in [4.78, 5) is 16.8. The van der Waals surface area contributed by atoms with Gasteiger partial charge in [-0.1, -0.05) is 49.4 Å². The van der Waals surface area contributed by atoms with E-state index in [-0.39, 0.29) is 17.8 Å². The molecule has 0 bridgehead atoms. The van der Waals surface area contributed by atoms with Gasteiger partial charge in [0, 0.05) is 13.1 Å². The zero-order chi connectivity index (χ0) is 18.5. The molecule has 2 aromatic carbocycles. The molecule has 3 nitrogen and oxygen atoms in total. The summed E-state index contributed by atoms with van der Waals surface area (Å²) in [6.45, 7) is 4.29. The molecule has 0 radical (unpaired) electrons. The Labute approximate surface area is 155 Å². The maximum Gasteiger partial charge on any atom is 0.236 e. The molecule has 0 N–H and O–H groups in total. The summed E-state index contributed by atoms with van der Waals surface area (Å²) in [6, 6.07) is 16.6. The number of benzene rings is 2. The second-order valence-electron chi connectivity index (χ2n) is 7.34. The number of amides is 1. The van der Waals surface area contributed by atoms with Crippen LogP contribution >= 0.6 is 0 Å². The molecule has 1 aliphatic rings. The number of likely N-dealkylation sites (tertiary alicyclic amines) is 1. The lowest BCUT2D eigenvalue weighted by molar-refractivity contribution is -0.133. The van der Waals surface area contributed by atoms with Crippen LogP contribution in [0, 0.1) is 11.7 Å². The van der Waals surface area contributed by atoms with Crippen LogP contribution in [0.2, 0.25) is 0 Å². The van der Waals surface area contributed by atoms with E-state index in [2.05, 4.69) is 24.0 Å². The Balaban J connectivity index is 1.78. The number of carbonyl (C=O) groups is 1. The number of carbonyl (C=O) groups excluding carboxylic acids is 1. The van der Waals surface area contributed by atoms with Gasteiger partial charge < -0.3 is 4.90 Å². The first kappa shape index (κ1) is 18.6. The maximum absolute atomic E-state index is 13.4. The molecule has 1 amide bonds. The lowest BCUT2D eigenvalue weighted by Gasteiger charge is -2.34. The van der Waals surface area contributed by atoms with Crippen LogP contribution in [0.15, 0.2) is 54.6 Å². The number of nitrogens with zero attached hydrogens (tertiary/aromatic N) is 2. The maximum atomic E-state index is 13.4. The van der Waals surface area contributed by atoms with E-state index in [9.17, 15) is 9.18 Å². The van der Waals surface area contributed by atoms with Crippen molar-refractivity contribution in [3.63, 3.8) is 0 Å². The van der Waals surface area contributed by atoms with Crippen molar-refractivity contribution in [2.75, 3.05) is 26.7 Å². The van der Waals surface area contributed by atoms with Crippen LogP contribution in [0.5, 0.6) is 0 Å². The Morgan fingerprint density at radius 2 is 1.65 bits per heavy atom. The first-order valence-electron chi connectivity index (χ1n) is 9.33. The van der Waals surface area contributed by atoms with Gasteiger partial charge in [0.25, 0.3) is 0 Å². The molecule has 1 aliphatic heterocycles. The molecule has 26 heavy (non-hydrogen) atoms. The van der Waals surface area contributed by atoms with Crippen molar-refractivity contribution >= 4 is 5.91 Å². The summed E-state index contributed by atoms with van der Waals surface area (Å²) in [7, 11) is 1.96. The topological polar surface area (TPSA) is 23.6 Å². The van der Waals surface area contributed by atoms with E-state index in [1.54, 1.807) is 12.1 Å². The van der Waals surface area contributed by atoms with Crippen LogP contribution in [0.4, 0.5) is 4.39 Å². The standard InChI is InChI=1S/C22H27FN2O/c1-17-12-14-25(15-13-17)21(26)16-24(2)22(18-6-4-3-5-7-18)19-8-10-20(23)11-9-19/h3-11,17,22H,12-16H2,1-2H3. The highest BCUT2D eigenvalue weighted by molar-refractivity contribution is 5.78. The zero-order valence-corrected chi connectivity index (χ0v) is 15.6. The van der Waals surface area contributed by atoms with Gasteiger partial charge in [-0.15, -0.1) is 0 Å². The lowest BCUT2D eigenvalue weighted by atomic mass is 9.97. The fraction of sp³-hybridized carbons (Fsp3) is 0.409. The van der Waals surface area contributed by atoms with Crippen molar-refractivity contribution in [2.24, 2.45) is 5.92 Å². The van der Waals surface area contributed by atoms with E-state index in [4.69, 9.17) is 0 Å². The zero-order valence-electron chi connectivity index (χ0n) is 15.6. The van der Waals surface area contributed by atoms with E-state index >= 15 is 0 Å². The molecule has 138 valence electrons. The third-order valence-electron chi connectivity index (χ3n) is 5.26. The number of hydrogen-bond acceptors (Lipinski definition) is 2. The van der Waals surface area contributed by atoms with Crippen molar-refractivity contribution in [3.8, 4) is 0 Å². The Hall–Kier alpha value is -2.20. The smallest absolute Gasteiger partial charge is 0.236 e. The minimum absolute atomic E-state index is 0.0792. The summed E-state index contributed by atoms with van der Waals surface area (Å²) in [6.07, 6.45) is 2.16. The van der Waals surface area contributed by atoms with Crippen LogP contribution in [0.25, 0.3) is 0 Å². The molecule has 1 fully saturated rings. The first-order chi connectivity index (χ1) is 12.5. The second-order valence-corrected chi connectivity index (χ2v) is 7.34. The van der Waals surface area contributed by atoms with Gasteiger partial charge in [-0.25, -0.2) is 4.39 Å². The quantitative estimate of drug-likeness (QED) is 0.807. The van der Waals surface area contributed by atoms with Crippen LogP contribution in [-0.4, -0.2) is 42.4 Å². The van der Waals surface area contributed by atoms with Crippen LogP contribution in [0.1, 0.15) is 36.9 Å². The summed E-state index contributed by atoms with van der Waals surface area (Å²) < 4.78 is 13.4. The highest BCUT2D eigenvalue weighted by Crippen LogP contribution is 2.28. The van der Waals surface area contributed by atoms with Crippen molar-refractivity contribution < 1.29 is 9.18 Å². The molecule has 1 saturated heterocycles. The predicted molar refractivity (Wildman–Crippen MR) is 102 cm³/mol. The Kier molecular flexibility index (Phi) is 6.04. The normalized spacial score (nSPS) is 16.7. The van der Waals surface area contributed by atoms with Crippen LogP contribution < -0.4 is 0 Å². The first-order valence-corrected chi connectivity index (χ1v) is 9.33. The highest BCUT2D eigenvalue weighted by atomic mass is 19.1. The van der Waals surface area contributed by atoms with E-state index in [1.165, 1.54) is 12.1 Å². The number of hydrogen-bond donors (Lipinski definition) is 0. The Morgan fingerprint density at radius 3 is 2.27 bits per heavy atom. The average Bonchev–Trinajstić information content (AvgIpc) is 2.65. The van der Waals surface area contributed by atoms with Gasteiger partial charge >= 0.3 is 0 Å². The van der Waals surface area contributed by atoms with E-state index in [1.807, 2.05) is 30.1 Å². The van der Waals surface area contributed by atoms with Gasteiger partial charge in [0.2, 0.25) is 5.91 Å². The van der Waals surface area contributed by atoms with Gasteiger partial charge in [0.05, 0.1) is 12.6 Å². The number of piperidine rings is 1. The van der Waals surface area contributed by atoms with Crippen LogP contribution in [0.3, 0.4) is 0 Å². The molecule has 0 aliphatic carbocycles. The van der Waals surface area contributed by atoms with Crippen molar-refractivity contribution in [2.45, 2.75) is 25.8 Å². The lowest BCUT2D eigenvalue weighted by Crippen LogP contribution is -2.44. The summed E-state index contributed by atoms with van der Waals surface area (Å²) in [5.74, 6) is 0.622. The van der Waals surface area contributed by atoms with Crippen molar-refractivity contribution in [1.29, 1.82) is 0 Å². The van der Waals surface area contributed by atoms with E-state index in [0.29, 0.717) is 12.5 Å². The SMILES string of the molecule is CC1CCN(C(=O)CN(C)C(c2ccccc2)c2ccc(F)cc2)CC1. The Morgan fingerprint density at radius 1 is 1.08 bits per heavy atom. The van der Waals surface area contributed by atoms with Gasteiger partial charge in [-0.2, -0.15) is 0 Å². The molecule has 4 heteroatoms. The summed E-state index contributed by atoms with van der Waals surface area (Å²) in [5, 5.41) is 0. The molecule has 3 rings (SSSR count). The van der Waals surface area contributed by atoms with E-state index in [0.717, 1.165) is 37.1 Å². The number of rotatable bonds is 5. The fourth-order valence-corrected chi connectivity index (χ4v) is 3.64. The van der Waals surface area contributed by atoms with Gasteiger partial charge in [0.15, 0.2) is 0 Å². The summed E-state index contributed by atoms with van der Waals surface area (Å²) in [5.41, 5.74) is 2.09. The monoisotopic (exact) mass is 354 g/mol. The van der Waals surface area contributed by atoms with Gasteiger partial charge in [0.1, 0.15) is 5.82 Å². The summed E-state index contributed by atoms with van der Waals surface area (Å²) >= 11 is 0. The Bertz CT molecular complexity index is 709. The average molecular weight is 354 g/mol. The minimum atomic E-state index is -0.248. The van der Waals surface area contributed by atoms with E-state index < -0.39 is 0 Å². The predicted octanol–water partition coefficient (Wildman–Crippen LogP) is 4.11. The largest absolute Gasteiger partial charge is 0.342 e. The third-order valence-corrected chi connectivity index (χ3v) is 5.26. The fourth-order valence-electron chi connectivity index (χ4n) is 3.64. The second kappa shape index (κ2) is 8.45. The van der Waals surface area contributed by atoms with Crippen molar-refractivity contribution in [1.82, 2.24) is 9.80 Å². The van der Waals surface area contributed by atoms with Gasteiger partial charge in [-0.3, -0.25) is 9.69 Å². The molecule has 1 unspecified atom stereocenters. The molecule has 1 atom stereocenters. The minimum Gasteiger partial charge on any atom is -0.342 e. The highest BCUT2D eigenvalue weighted by Gasteiger charge is 2.25. The third kappa shape index (κ3) is 4.50.